The zero-order valence-electron chi connectivity index (χ0n) is 29.7. The van der Waals surface area contributed by atoms with Crippen LogP contribution in [0.1, 0.15) is 84.1 Å². The molecule has 1 aliphatic carbocycles. The van der Waals surface area contributed by atoms with Crippen molar-refractivity contribution >= 4 is 35.8 Å². The minimum Gasteiger partial charge on any atom is -0.481 e. The van der Waals surface area contributed by atoms with E-state index in [0.29, 0.717) is 25.4 Å². The molecule has 5 unspecified atom stereocenters. The van der Waals surface area contributed by atoms with Gasteiger partial charge in [-0.2, -0.15) is 0 Å². The Kier molecular flexibility index (Phi) is 30.7. The lowest BCUT2D eigenvalue weighted by Gasteiger charge is -2.24. The molecule has 0 saturated heterocycles. The van der Waals surface area contributed by atoms with E-state index in [0.717, 1.165) is 31.2 Å². The van der Waals surface area contributed by atoms with Crippen molar-refractivity contribution in [2.24, 2.45) is 34.6 Å². The molecule has 18 nitrogen and oxygen atoms in total. The molecule has 1 aromatic carbocycles. The highest BCUT2D eigenvalue weighted by atomic mass is 16.4. The fourth-order valence-corrected chi connectivity index (χ4v) is 3.84. The minimum absolute atomic E-state index is 0.0208. The van der Waals surface area contributed by atoms with Crippen LogP contribution in [0.4, 0.5) is 0 Å². The van der Waals surface area contributed by atoms with Crippen LogP contribution in [-0.4, -0.2) is 109 Å². The Morgan fingerprint density at radius 2 is 1.18 bits per heavy atom. The predicted molar refractivity (Wildman–Crippen MR) is 190 cm³/mol. The van der Waals surface area contributed by atoms with E-state index in [4.69, 9.17) is 59.3 Å². The highest BCUT2D eigenvalue weighted by Crippen LogP contribution is 2.17. The summed E-state index contributed by atoms with van der Waals surface area (Å²) < 4.78 is 0. The fraction of sp³-hybridized carbons (Fsp3) is 0.636. The van der Waals surface area contributed by atoms with Gasteiger partial charge in [-0.15, -0.1) is 0 Å². The summed E-state index contributed by atoms with van der Waals surface area (Å²) in [6.45, 7) is 5.86. The molecule has 1 fully saturated rings. The number of nitrogens with two attached hydrogens (primary N) is 5. The number of nitrogens with one attached hydrogen (secondary N) is 1. The number of hydrogen-bond donors (Lipinski definition) is 12. The summed E-state index contributed by atoms with van der Waals surface area (Å²) in [7, 11) is 0. The molecule has 1 aromatic rings. The maximum Gasteiger partial charge on any atom is 0.321 e. The van der Waals surface area contributed by atoms with Gasteiger partial charge >= 0.3 is 35.8 Å². The van der Waals surface area contributed by atoms with Crippen molar-refractivity contribution in [1.82, 2.24) is 5.32 Å². The lowest BCUT2D eigenvalue weighted by atomic mass is 9.95. The third-order valence-electron chi connectivity index (χ3n) is 7.08. The number of benzene rings is 1. The first kappa shape index (κ1) is 51.2. The standard InChI is InChI=1S/C9H17NO2.C9H11NO2.C6H14N2O2.C5H11NO2.C4H7NO4/c1-7(9(11)12)10-8-5-3-2-4-6-8;10-8(9(11)12)6-7-4-2-1-3-5-7;7-4-2-1-3-5(8)6(9)10;1-3(2)4(6)5(7)8;5-2(4(8)9)1-3(6)7/h7-8,10H,2-6H2,1H3,(H,11,12);1-5,8H,6,10H2,(H,11,12);5H,1-4,7-8H2,(H,9,10);3-4H,6H2,1-2H3,(H,7,8);2H,1,5H2,(H,6,7)(H,8,9). The van der Waals surface area contributed by atoms with Gasteiger partial charge in [0.25, 0.3) is 0 Å². The second kappa shape index (κ2) is 30.6. The van der Waals surface area contributed by atoms with Gasteiger partial charge in [0, 0.05) is 6.04 Å². The Bertz CT molecular complexity index is 1140. The molecule has 0 amide bonds. The molecule has 1 saturated carbocycles. The Balaban J connectivity index is -0.000000570. The Morgan fingerprint density at radius 1 is 0.686 bits per heavy atom. The van der Waals surface area contributed by atoms with Crippen molar-refractivity contribution < 1.29 is 59.4 Å². The summed E-state index contributed by atoms with van der Waals surface area (Å²) in [5.74, 6) is -6.05. The maximum atomic E-state index is 10.5. The quantitative estimate of drug-likeness (QED) is 0.103. The summed E-state index contributed by atoms with van der Waals surface area (Å²) in [6.07, 6.45) is 8.08. The van der Waals surface area contributed by atoms with Gasteiger partial charge in [0.2, 0.25) is 0 Å². The topological polar surface area (TPSA) is 366 Å². The van der Waals surface area contributed by atoms with Crippen LogP contribution in [-0.2, 0) is 35.2 Å². The van der Waals surface area contributed by atoms with E-state index in [1.807, 2.05) is 30.3 Å². The van der Waals surface area contributed by atoms with Crippen molar-refractivity contribution in [3.05, 3.63) is 35.9 Å². The minimum atomic E-state index is -1.29. The maximum absolute atomic E-state index is 10.5. The largest absolute Gasteiger partial charge is 0.481 e. The third-order valence-corrected chi connectivity index (χ3v) is 7.08. The second-order valence-corrected chi connectivity index (χ2v) is 12.1. The van der Waals surface area contributed by atoms with E-state index in [9.17, 15) is 28.8 Å². The first-order valence-electron chi connectivity index (χ1n) is 16.6. The van der Waals surface area contributed by atoms with E-state index >= 15 is 0 Å². The SMILES string of the molecule is CC(C)C(N)C(=O)O.CC(NC1CCCCC1)C(=O)O.NC(CC(=O)O)C(=O)O.NC(Cc1ccccc1)C(=O)O.NCCCCC(N)C(=O)O. The molecule has 294 valence electrons. The number of aliphatic carboxylic acids is 6. The van der Waals surface area contributed by atoms with Crippen LogP contribution in [0.5, 0.6) is 0 Å². The fourth-order valence-electron chi connectivity index (χ4n) is 3.84. The Hall–Kier alpha value is -4.20. The second-order valence-electron chi connectivity index (χ2n) is 12.1. The van der Waals surface area contributed by atoms with Crippen LogP contribution < -0.4 is 34.0 Å². The third kappa shape index (κ3) is 31.5. The zero-order valence-corrected chi connectivity index (χ0v) is 29.7. The van der Waals surface area contributed by atoms with E-state index in [1.165, 1.54) is 19.3 Å². The van der Waals surface area contributed by atoms with Crippen LogP contribution in [0, 0.1) is 5.92 Å². The normalized spacial score (nSPS) is 15.1. The van der Waals surface area contributed by atoms with E-state index in [-0.39, 0.29) is 5.92 Å². The molecular weight excluding hydrogens is 672 g/mol. The smallest absolute Gasteiger partial charge is 0.321 e. The lowest BCUT2D eigenvalue weighted by molar-refractivity contribution is -0.144. The number of hydrogen-bond acceptors (Lipinski definition) is 12. The summed E-state index contributed by atoms with van der Waals surface area (Å²) in [5.41, 5.74) is 26.7. The zero-order chi connectivity index (χ0) is 40.1. The van der Waals surface area contributed by atoms with E-state index in [1.54, 1.807) is 20.8 Å². The van der Waals surface area contributed by atoms with Crippen molar-refractivity contribution in [2.45, 2.75) is 121 Å². The van der Waals surface area contributed by atoms with Crippen molar-refractivity contribution in [3.63, 3.8) is 0 Å². The van der Waals surface area contributed by atoms with Crippen molar-refractivity contribution in [2.75, 3.05) is 6.54 Å². The Labute approximate surface area is 298 Å². The van der Waals surface area contributed by atoms with Crippen LogP contribution >= 0.6 is 0 Å². The summed E-state index contributed by atoms with van der Waals surface area (Å²) in [5, 5.41) is 52.9. The summed E-state index contributed by atoms with van der Waals surface area (Å²) in [4.78, 5) is 60.7. The first-order valence-corrected chi connectivity index (χ1v) is 16.6. The molecule has 51 heavy (non-hydrogen) atoms. The van der Waals surface area contributed by atoms with Crippen LogP contribution in [0.25, 0.3) is 0 Å². The first-order chi connectivity index (χ1) is 23.7. The molecule has 1 aliphatic rings. The van der Waals surface area contributed by atoms with Crippen LogP contribution in [0.2, 0.25) is 0 Å². The molecule has 17 N–H and O–H groups in total. The van der Waals surface area contributed by atoms with Gasteiger partial charge in [-0.05, 0) is 57.1 Å². The number of carboxylic acids is 6. The molecule has 2 rings (SSSR count). The molecule has 0 bridgehead atoms. The van der Waals surface area contributed by atoms with Gasteiger partial charge in [0.05, 0.1) is 6.42 Å². The number of rotatable bonds is 16. The Morgan fingerprint density at radius 3 is 1.51 bits per heavy atom. The average molecular weight is 733 g/mol. The predicted octanol–water partition coefficient (Wildman–Crippen LogP) is 0.477. The van der Waals surface area contributed by atoms with Gasteiger partial charge in [-0.3, -0.25) is 28.8 Å². The molecule has 0 aromatic heterocycles. The number of carboxylic acid groups (broad SMARTS) is 6. The lowest BCUT2D eigenvalue weighted by Crippen LogP contribution is -2.42. The summed E-state index contributed by atoms with van der Waals surface area (Å²) in [6, 6.07) is 5.87. The molecule has 0 heterocycles. The van der Waals surface area contributed by atoms with E-state index in [2.05, 4.69) is 5.32 Å². The van der Waals surface area contributed by atoms with Gasteiger partial charge < -0.3 is 64.6 Å². The van der Waals surface area contributed by atoms with Gasteiger partial charge in [0.1, 0.15) is 30.2 Å². The summed E-state index contributed by atoms with van der Waals surface area (Å²) >= 11 is 0. The average Bonchev–Trinajstić information content (AvgIpc) is 3.06. The van der Waals surface area contributed by atoms with Gasteiger partial charge in [-0.1, -0.05) is 69.9 Å². The molecular formula is C33H60N6O12. The highest BCUT2D eigenvalue weighted by molar-refractivity contribution is 5.80. The van der Waals surface area contributed by atoms with Crippen LogP contribution in [0.3, 0.4) is 0 Å². The van der Waals surface area contributed by atoms with Crippen molar-refractivity contribution in [1.29, 1.82) is 0 Å². The van der Waals surface area contributed by atoms with E-state index < -0.39 is 72.4 Å². The van der Waals surface area contributed by atoms with Crippen LogP contribution in [0.15, 0.2) is 30.3 Å². The van der Waals surface area contributed by atoms with Gasteiger partial charge in [-0.25, -0.2) is 0 Å². The molecule has 0 aliphatic heterocycles. The molecule has 0 radical (unpaired) electrons. The van der Waals surface area contributed by atoms with Gasteiger partial charge in [0.15, 0.2) is 0 Å². The molecule has 5 atom stereocenters. The monoisotopic (exact) mass is 732 g/mol. The highest BCUT2D eigenvalue weighted by Gasteiger charge is 2.19. The van der Waals surface area contributed by atoms with Crippen molar-refractivity contribution in [3.8, 4) is 0 Å². The molecule has 0 spiro atoms. The number of carbonyl (C=O) groups is 6. The number of unbranched alkanes of at least 4 members (excludes halogenated alkanes) is 1. The molecule has 18 heteroatoms.